The summed E-state index contributed by atoms with van der Waals surface area (Å²) in [4.78, 5) is 15.5. The highest BCUT2D eigenvalue weighted by Gasteiger charge is 2.21. The van der Waals surface area contributed by atoms with E-state index in [2.05, 4.69) is 22.2 Å². The molecule has 0 bridgehead atoms. The molecule has 0 spiro atoms. The summed E-state index contributed by atoms with van der Waals surface area (Å²) < 4.78 is 0. The zero-order valence-electron chi connectivity index (χ0n) is 9.64. The summed E-state index contributed by atoms with van der Waals surface area (Å²) in [6.07, 6.45) is 6.82. The minimum atomic E-state index is -0.263. The van der Waals surface area contributed by atoms with Gasteiger partial charge in [-0.05, 0) is 17.8 Å². The van der Waals surface area contributed by atoms with E-state index in [0.29, 0.717) is 5.17 Å². The summed E-state index contributed by atoms with van der Waals surface area (Å²) >= 11 is 1.50. The number of nitrogens with one attached hydrogen (secondary N) is 2. The predicted molar refractivity (Wildman–Crippen MR) is 72.9 cm³/mol. The van der Waals surface area contributed by atoms with E-state index in [1.807, 2.05) is 6.08 Å². The Hall–Kier alpha value is -1.69. The zero-order chi connectivity index (χ0) is 12.7. The maximum Gasteiger partial charge on any atom is 0.320 e. The molecular formula is C11H16N4OS. The lowest BCUT2D eigenvalue weighted by Crippen LogP contribution is -2.35. The van der Waals surface area contributed by atoms with Crippen LogP contribution in [0.2, 0.25) is 0 Å². The van der Waals surface area contributed by atoms with Crippen LogP contribution in [0.15, 0.2) is 41.6 Å². The quantitative estimate of drug-likeness (QED) is 0.655. The predicted octanol–water partition coefficient (Wildman–Crippen LogP) is 0.972. The minimum Gasteiger partial charge on any atom is -0.405 e. The third-order valence-corrected chi connectivity index (χ3v) is 3.05. The van der Waals surface area contributed by atoms with Gasteiger partial charge >= 0.3 is 6.03 Å². The first kappa shape index (κ1) is 13.4. The van der Waals surface area contributed by atoms with E-state index >= 15 is 0 Å². The van der Waals surface area contributed by atoms with Gasteiger partial charge in [-0.25, -0.2) is 4.79 Å². The average Bonchev–Trinajstić information content (AvgIpc) is 2.77. The highest BCUT2D eigenvalue weighted by Crippen LogP contribution is 2.22. The van der Waals surface area contributed by atoms with Gasteiger partial charge in [0.15, 0.2) is 5.17 Å². The number of hydrogen-bond donors (Lipinski definition) is 3. The smallest absolute Gasteiger partial charge is 0.320 e. The minimum absolute atomic E-state index is 0.00459. The van der Waals surface area contributed by atoms with Gasteiger partial charge in [-0.3, -0.25) is 10.3 Å². The number of carbonyl (C=O) groups excluding carboxylic acids is 1. The number of thioether (sulfide) groups is 1. The lowest BCUT2D eigenvalue weighted by molar-refractivity contribution is 0.247. The highest BCUT2D eigenvalue weighted by molar-refractivity contribution is 8.14. The van der Waals surface area contributed by atoms with Crippen molar-refractivity contribution in [3.05, 3.63) is 36.6 Å². The molecule has 0 aromatic heterocycles. The van der Waals surface area contributed by atoms with Crippen LogP contribution in [-0.2, 0) is 0 Å². The highest BCUT2D eigenvalue weighted by atomic mass is 32.2. The van der Waals surface area contributed by atoms with E-state index < -0.39 is 0 Å². The Bertz CT molecular complexity index is 387. The topological polar surface area (TPSA) is 79.5 Å². The number of hydrogen-bond acceptors (Lipinski definition) is 4. The number of urea groups is 1. The van der Waals surface area contributed by atoms with Gasteiger partial charge in [-0.1, -0.05) is 30.5 Å². The Kier molecular flexibility index (Phi) is 5.35. The Balaban J connectivity index is 2.72. The van der Waals surface area contributed by atoms with Gasteiger partial charge in [0.2, 0.25) is 0 Å². The van der Waals surface area contributed by atoms with Crippen molar-refractivity contribution in [2.24, 2.45) is 10.7 Å². The number of rotatable bonds is 3. The van der Waals surface area contributed by atoms with Crippen LogP contribution >= 0.6 is 11.8 Å². The maximum absolute atomic E-state index is 11.1. The molecule has 6 heteroatoms. The second-order valence-electron chi connectivity index (χ2n) is 3.23. The van der Waals surface area contributed by atoms with Crippen LogP contribution in [0, 0.1) is 0 Å². The van der Waals surface area contributed by atoms with E-state index in [4.69, 9.17) is 5.73 Å². The second-order valence-corrected chi connectivity index (χ2v) is 4.24. The largest absolute Gasteiger partial charge is 0.405 e. The molecule has 1 unspecified atom stereocenters. The van der Waals surface area contributed by atoms with Gasteiger partial charge in [0.25, 0.3) is 0 Å². The summed E-state index contributed by atoms with van der Waals surface area (Å²) in [7, 11) is 1.56. The average molecular weight is 252 g/mol. The van der Waals surface area contributed by atoms with E-state index in [1.54, 1.807) is 19.2 Å². The molecule has 17 heavy (non-hydrogen) atoms. The summed E-state index contributed by atoms with van der Waals surface area (Å²) in [5.74, 6) is 0.781. The van der Waals surface area contributed by atoms with Crippen molar-refractivity contribution >= 4 is 23.0 Å². The molecule has 0 aromatic rings. The van der Waals surface area contributed by atoms with Crippen molar-refractivity contribution in [1.82, 2.24) is 10.6 Å². The fourth-order valence-corrected chi connectivity index (χ4v) is 2.25. The van der Waals surface area contributed by atoms with Gasteiger partial charge in [-0.15, -0.1) is 0 Å². The first-order valence-electron chi connectivity index (χ1n) is 5.11. The molecular weight excluding hydrogens is 236 g/mol. The molecule has 4 N–H and O–H groups in total. The molecule has 0 aromatic carbocycles. The SMILES string of the molecule is C=C/C=C(\C=C/N)C1CSC(NC(=O)NC)=N1. The van der Waals surface area contributed by atoms with Gasteiger partial charge in [0.1, 0.15) is 0 Å². The first-order chi connectivity index (χ1) is 8.21. The summed E-state index contributed by atoms with van der Waals surface area (Å²) in [5.41, 5.74) is 6.35. The lowest BCUT2D eigenvalue weighted by Gasteiger charge is -2.05. The Morgan fingerprint density at radius 3 is 3.06 bits per heavy atom. The molecule has 1 aliphatic rings. The number of nitrogens with two attached hydrogens (primary N) is 1. The Morgan fingerprint density at radius 1 is 1.71 bits per heavy atom. The Labute approximate surface area is 105 Å². The van der Waals surface area contributed by atoms with Crippen molar-refractivity contribution in [3.8, 4) is 0 Å². The number of nitrogens with zero attached hydrogens (tertiary/aromatic N) is 1. The molecule has 92 valence electrons. The standard InChI is InChI=1S/C11H16N4OS/c1-3-4-8(5-6-12)9-7-17-11(14-9)15-10(16)13-2/h3-6,9H,1,7,12H2,2H3,(H2,13,14,15,16)/b6-5-,8-4+. The first-order valence-corrected chi connectivity index (χ1v) is 6.10. The third-order valence-electron chi connectivity index (χ3n) is 2.08. The van der Waals surface area contributed by atoms with Crippen LogP contribution in [0.3, 0.4) is 0 Å². The van der Waals surface area contributed by atoms with Crippen LogP contribution < -0.4 is 16.4 Å². The van der Waals surface area contributed by atoms with Gasteiger partial charge in [0, 0.05) is 12.8 Å². The summed E-state index contributed by atoms with van der Waals surface area (Å²) in [6.45, 7) is 3.65. The molecule has 0 radical (unpaired) electrons. The van der Waals surface area contributed by atoms with Gasteiger partial charge in [0.05, 0.1) is 6.04 Å². The van der Waals surface area contributed by atoms with E-state index in [-0.39, 0.29) is 12.1 Å². The van der Waals surface area contributed by atoms with Crippen LogP contribution in [0.1, 0.15) is 0 Å². The molecule has 1 atom stereocenters. The third kappa shape index (κ3) is 3.99. The van der Waals surface area contributed by atoms with Crippen molar-refractivity contribution in [2.45, 2.75) is 6.04 Å². The van der Waals surface area contributed by atoms with E-state index in [1.165, 1.54) is 18.0 Å². The van der Waals surface area contributed by atoms with Crippen LogP contribution in [0.25, 0.3) is 0 Å². The monoisotopic (exact) mass is 252 g/mol. The number of aliphatic imine (C=N–C) groups is 1. The summed E-state index contributed by atoms with van der Waals surface area (Å²) in [6, 6.07) is -0.259. The normalized spacial score (nSPS) is 20.2. The Morgan fingerprint density at radius 2 is 2.47 bits per heavy atom. The number of carbonyl (C=O) groups is 1. The molecule has 0 saturated heterocycles. The van der Waals surface area contributed by atoms with Crippen molar-refractivity contribution in [2.75, 3.05) is 12.8 Å². The van der Waals surface area contributed by atoms with Gasteiger partial charge in [-0.2, -0.15) is 0 Å². The molecule has 2 amide bonds. The van der Waals surface area contributed by atoms with Crippen molar-refractivity contribution in [1.29, 1.82) is 0 Å². The molecule has 1 heterocycles. The van der Waals surface area contributed by atoms with Crippen molar-refractivity contribution in [3.63, 3.8) is 0 Å². The fraction of sp³-hybridized carbons (Fsp3) is 0.273. The second kappa shape index (κ2) is 6.80. The fourth-order valence-electron chi connectivity index (χ4n) is 1.30. The molecule has 0 fully saturated rings. The molecule has 5 nitrogen and oxygen atoms in total. The van der Waals surface area contributed by atoms with Crippen LogP contribution in [-0.4, -0.2) is 30.0 Å². The number of amides is 2. The number of allylic oxidation sites excluding steroid dienone is 2. The van der Waals surface area contributed by atoms with E-state index in [9.17, 15) is 4.79 Å². The molecule has 1 rings (SSSR count). The van der Waals surface area contributed by atoms with E-state index in [0.717, 1.165) is 11.3 Å². The van der Waals surface area contributed by atoms with Gasteiger partial charge < -0.3 is 11.1 Å². The van der Waals surface area contributed by atoms with Crippen LogP contribution in [0.5, 0.6) is 0 Å². The molecule has 1 aliphatic heterocycles. The lowest BCUT2D eigenvalue weighted by atomic mass is 10.1. The number of amidine groups is 1. The molecule has 0 aliphatic carbocycles. The maximum atomic E-state index is 11.1. The van der Waals surface area contributed by atoms with Crippen LogP contribution in [0.4, 0.5) is 4.79 Å². The van der Waals surface area contributed by atoms with Crippen molar-refractivity contribution < 1.29 is 4.79 Å². The molecule has 0 saturated carbocycles. The zero-order valence-corrected chi connectivity index (χ0v) is 10.5. The summed E-state index contributed by atoms with van der Waals surface area (Å²) in [5, 5.41) is 5.75.